The first-order valence-corrected chi connectivity index (χ1v) is 8.33. The summed E-state index contributed by atoms with van der Waals surface area (Å²) in [6.07, 6.45) is -5.82. The molecule has 2 amide bonds. The first-order valence-electron chi connectivity index (χ1n) is 6.89. The van der Waals surface area contributed by atoms with Gasteiger partial charge in [-0.05, 0) is 12.1 Å². The third-order valence-electron chi connectivity index (χ3n) is 3.27. The van der Waals surface area contributed by atoms with Crippen molar-refractivity contribution in [2.45, 2.75) is 11.3 Å². The van der Waals surface area contributed by atoms with Crippen molar-refractivity contribution in [2.24, 2.45) is 5.73 Å². The van der Waals surface area contributed by atoms with Gasteiger partial charge in [0.15, 0.2) is 12.4 Å². The SMILES string of the molecule is NC(=O)c1ccc(S(=O)(=O)N2CCN(C(=O)OCC(F)(F)F)CC2)o1. The number of piperazine rings is 1. The third-order valence-corrected chi connectivity index (χ3v) is 5.05. The molecule has 0 unspecified atom stereocenters. The van der Waals surface area contributed by atoms with E-state index in [0.717, 1.165) is 21.3 Å². The van der Waals surface area contributed by atoms with Crippen LogP contribution < -0.4 is 5.73 Å². The van der Waals surface area contributed by atoms with Gasteiger partial charge in [0.25, 0.3) is 15.9 Å². The van der Waals surface area contributed by atoms with E-state index in [1.54, 1.807) is 0 Å². The van der Waals surface area contributed by atoms with Crippen LogP contribution >= 0.6 is 0 Å². The van der Waals surface area contributed by atoms with E-state index < -0.39 is 39.9 Å². The third kappa shape index (κ3) is 4.63. The normalized spacial score (nSPS) is 16.7. The molecule has 25 heavy (non-hydrogen) atoms. The van der Waals surface area contributed by atoms with Gasteiger partial charge in [-0.2, -0.15) is 17.5 Å². The lowest BCUT2D eigenvalue weighted by atomic mass is 10.4. The van der Waals surface area contributed by atoms with Crippen LogP contribution in [0.4, 0.5) is 18.0 Å². The molecule has 1 aliphatic heterocycles. The summed E-state index contributed by atoms with van der Waals surface area (Å²) >= 11 is 0. The summed E-state index contributed by atoms with van der Waals surface area (Å²) in [6, 6.07) is 2.18. The Morgan fingerprint density at radius 1 is 1.20 bits per heavy atom. The van der Waals surface area contributed by atoms with Crippen molar-refractivity contribution >= 4 is 22.0 Å². The highest BCUT2D eigenvalue weighted by Gasteiger charge is 2.35. The summed E-state index contributed by atoms with van der Waals surface area (Å²) < 4.78 is 70.7. The van der Waals surface area contributed by atoms with E-state index in [4.69, 9.17) is 10.2 Å². The molecule has 0 bridgehead atoms. The average molecular weight is 385 g/mol. The Balaban J connectivity index is 1.96. The van der Waals surface area contributed by atoms with Crippen LogP contribution in [-0.4, -0.2) is 68.6 Å². The van der Waals surface area contributed by atoms with Gasteiger partial charge in [0.1, 0.15) is 0 Å². The van der Waals surface area contributed by atoms with E-state index in [1.807, 2.05) is 0 Å². The fourth-order valence-corrected chi connectivity index (χ4v) is 3.40. The number of rotatable bonds is 4. The van der Waals surface area contributed by atoms with Crippen molar-refractivity contribution in [3.05, 3.63) is 17.9 Å². The summed E-state index contributed by atoms with van der Waals surface area (Å²) in [5.74, 6) is -1.26. The number of nitrogens with zero attached hydrogens (tertiary/aromatic N) is 2. The fraction of sp³-hybridized carbons (Fsp3) is 0.500. The van der Waals surface area contributed by atoms with Gasteiger partial charge in [0, 0.05) is 26.2 Å². The molecule has 1 saturated heterocycles. The average Bonchev–Trinajstić information content (AvgIpc) is 3.03. The molecular formula is C12H14F3N3O6S. The molecule has 1 aromatic rings. The predicted molar refractivity (Wildman–Crippen MR) is 75.0 cm³/mol. The lowest BCUT2D eigenvalue weighted by Gasteiger charge is -2.32. The number of hydrogen-bond acceptors (Lipinski definition) is 6. The molecule has 2 rings (SSSR count). The van der Waals surface area contributed by atoms with Crippen LogP contribution in [0.15, 0.2) is 21.6 Å². The number of amides is 2. The standard InChI is InChI=1S/C12H14F3N3O6S/c13-12(14,15)7-23-11(20)17-3-5-18(6-4-17)25(21,22)9-2-1-8(24-9)10(16)19/h1-2H,3-7H2,(H2,16,19). The Morgan fingerprint density at radius 3 is 2.28 bits per heavy atom. The monoisotopic (exact) mass is 385 g/mol. The molecule has 0 radical (unpaired) electrons. The van der Waals surface area contributed by atoms with Crippen LogP contribution in [0.3, 0.4) is 0 Å². The second-order valence-electron chi connectivity index (χ2n) is 5.04. The highest BCUT2D eigenvalue weighted by Crippen LogP contribution is 2.21. The smallest absolute Gasteiger partial charge is 0.422 e. The summed E-state index contributed by atoms with van der Waals surface area (Å²) in [4.78, 5) is 23.4. The van der Waals surface area contributed by atoms with Crippen LogP contribution in [0.1, 0.15) is 10.6 Å². The maximum atomic E-state index is 12.4. The molecule has 140 valence electrons. The minimum Gasteiger partial charge on any atom is -0.440 e. The predicted octanol–water partition coefficient (Wildman–Crippen LogP) is 0.384. The van der Waals surface area contributed by atoms with Gasteiger partial charge in [-0.15, -0.1) is 0 Å². The van der Waals surface area contributed by atoms with E-state index in [9.17, 15) is 31.2 Å². The molecular weight excluding hydrogens is 371 g/mol. The van der Waals surface area contributed by atoms with Gasteiger partial charge in [-0.3, -0.25) is 4.79 Å². The zero-order valence-electron chi connectivity index (χ0n) is 12.7. The number of alkyl halides is 3. The molecule has 13 heteroatoms. The Kier molecular flexibility index (Phi) is 5.27. The topological polar surface area (TPSA) is 123 Å². The molecule has 2 N–H and O–H groups in total. The van der Waals surface area contributed by atoms with Crippen molar-refractivity contribution in [3.63, 3.8) is 0 Å². The quantitative estimate of drug-likeness (QED) is 0.800. The van der Waals surface area contributed by atoms with Crippen molar-refractivity contribution < 1.29 is 40.3 Å². The van der Waals surface area contributed by atoms with E-state index in [-0.39, 0.29) is 31.9 Å². The first-order chi connectivity index (χ1) is 11.5. The lowest BCUT2D eigenvalue weighted by molar-refractivity contribution is -0.162. The number of nitrogens with two attached hydrogens (primary N) is 1. The molecule has 0 aromatic carbocycles. The summed E-state index contributed by atoms with van der Waals surface area (Å²) in [5.41, 5.74) is 4.98. The molecule has 0 saturated carbocycles. The number of carbonyl (C=O) groups excluding carboxylic acids is 2. The van der Waals surface area contributed by atoms with Gasteiger partial charge < -0.3 is 19.8 Å². The van der Waals surface area contributed by atoms with Crippen LogP contribution in [0, 0.1) is 0 Å². The summed E-state index contributed by atoms with van der Waals surface area (Å²) in [6.45, 7) is -2.36. The van der Waals surface area contributed by atoms with Gasteiger partial charge in [0.05, 0.1) is 0 Å². The van der Waals surface area contributed by atoms with Gasteiger partial charge in [0.2, 0.25) is 5.09 Å². The number of carbonyl (C=O) groups is 2. The lowest BCUT2D eigenvalue weighted by Crippen LogP contribution is -2.50. The zero-order chi connectivity index (χ0) is 18.8. The van der Waals surface area contributed by atoms with Gasteiger partial charge >= 0.3 is 12.3 Å². The first kappa shape index (κ1) is 19.1. The zero-order valence-corrected chi connectivity index (χ0v) is 13.5. The number of furan rings is 1. The Labute approximate surface area is 140 Å². The van der Waals surface area contributed by atoms with Gasteiger partial charge in [-0.25, -0.2) is 13.2 Å². The number of sulfonamides is 1. The van der Waals surface area contributed by atoms with E-state index in [2.05, 4.69) is 4.74 Å². The fourth-order valence-electron chi connectivity index (χ4n) is 2.06. The highest BCUT2D eigenvalue weighted by molar-refractivity contribution is 7.89. The van der Waals surface area contributed by atoms with Crippen molar-refractivity contribution in [2.75, 3.05) is 32.8 Å². The van der Waals surface area contributed by atoms with Crippen molar-refractivity contribution in [1.29, 1.82) is 0 Å². The maximum Gasteiger partial charge on any atom is 0.422 e. The molecule has 2 heterocycles. The molecule has 0 atom stereocenters. The summed E-state index contributed by atoms with van der Waals surface area (Å²) in [5, 5.41) is -0.491. The number of ether oxygens (including phenoxy) is 1. The van der Waals surface area contributed by atoms with Crippen molar-refractivity contribution in [3.8, 4) is 0 Å². The van der Waals surface area contributed by atoms with E-state index in [0.29, 0.717) is 0 Å². The second-order valence-corrected chi connectivity index (χ2v) is 6.91. The minimum atomic E-state index is -4.64. The minimum absolute atomic E-state index is 0.153. The maximum absolute atomic E-state index is 12.4. The van der Waals surface area contributed by atoms with Crippen molar-refractivity contribution in [1.82, 2.24) is 9.21 Å². The molecule has 9 nitrogen and oxygen atoms in total. The Bertz CT molecular complexity index is 752. The molecule has 0 spiro atoms. The van der Waals surface area contributed by atoms with Crippen LogP contribution in [0.5, 0.6) is 0 Å². The Morgan fingerprint density at radius 2 is 1.80 bits per heavy atom. The Hall–Kier alpha value is -2.28. The second kappa shape index (κ2) is 6.92. The largest absolute Gasteiger partial charge is 0.440 e. The van der Waals surface area contributed by atoms with Gasteiger partial charge in [-0.1, -0.05) is 0 Å². The van der Waals surface area contributed by atoms with Crippen LogP contribution in [-0.2, 0) is 14.8 Å². The number of primary amides is 1. The summed E-state index contributed by atoms with van der Waals surface area (Å²) in [7, 11) is -4.06. The highest BCUT2D eigenvalue weighted by atomic mass is 32.2. The molecule has 1 fully saturated rings. The molecule has 1 aliphatic rings. The number of halogens is 3. The molecule has 0 aliphatic carbocycles. The number of hydrogen-bond donors (Lipinski definition) is 1. The van der Waals surface area contributed by atoms with Crippen LogP contribution in [0.2, 0.25) is 0 Å². The van der Waals surface area contributed by atoms with Crippen LogP contribution in [0.25, 0.3) is 0 Å². The molecule has 1 aromatic heterocycles. The van der Waals surface area contributed by atoms with E-state index >= 15 is 0 Å². The van der Waals surface area contributed by atoms with E-state index in [1.165, 1.54) is 0 Å².